The molecule has 4 nitrogen and oxygen atoms in total. The van der Waals surface area contributed by atoms with Crippen LogP contribution in [0.1, 0.15) is 23.1 Å². The van der Waals surface area contributed by atoms with Gasteiger partial charge in [0, 0.05) is 13.1 Å². The smallest absolute Gasteiger partial charge is 0.269 e. The molecule has 0 fully saturated rings. The van der Waals surface area contributed by atoms with Crippen LogP contribution >= 0.6 is 0 Å². The molecule has 3 N–H and O–H groups in total. The Labute approximate surface area is 77.2 Å². The van der Waals surface area contributed by atoms with Gasteiger partial charge in [0.15, 0.2) is 0 Å². The highest BCUT2D eigenvalue weighted by Gasteiger charge is 2.04. The van der Waals surface area contributed by atoms with Gasteiger partial charge in [0.1, 0.15) is 5.69 Å². The van der Waals surface area contributed by atoms with Gasteiger partial charge in [-0.15, -0.1) is 0 Å². The van der Waals surface area contributed by atoms with Crippen molar-refractivity contribution in [3.8, 4) is 0 Å². The van der Waals surface area contributed by atoms with Gasteiger partial charge in [0.05, 0.1) is 5.69 Å². The van der Waals surface area contributed by atoms with Crippen molar-refractivity contribution in [3.05, 3.63) is 29.6 Å². The van der Waals surface area contributed by atoms with Crippen LogP contribution in [0.25, 0.3) is 0 Å². The molecule has 0 spiro atoms. The molecule has 0 saturated carbocycles. The van der Waals surface area contributed by atoms with E-state index >= 15 is 0 Å². The van der Waals surface area contributed by atoms with Gasteiger partial charge in [-0.3, -0.25) is 4.79 Å². The minimum atomic E-state index is -0.155. The molecule has 0 radical (unpaired) electrons. The highest BCUT2D eigenvalue weighted by Crippen LogP contribution is 1.98. The average Bonchev–Trinajstić information content (AvgIpc) is 2.18. The van der Waals surface area contributed by atoms with Crippen LogP contribution in [0.2, 0.25) is 0 Å². The summed E-state index contributed by atoms with van der Waals surface area (Å²) in [5.74, 6) is -0.155. The third kappa shape index (κ3) is 2.52. The van der Waals surface area contributed by atoms with E-state index in [2.05, 4.69) is 10.3 Å². The largest absolute Gasteiger partial charge is 0.351 e. The van der Waals surface area contributed by atoms with Gasteiger partial charge in [-0.05, 0) is 19.1 Å². The number of aromatic nitrogens is 1. The first-order chi connectivity index (χ1) is 6.27. The van der Waals surface area contributed by atoms with Gasteiger partial charge < -0.3 is 11.1 Å². The summed E-state index contributed by atoms with van der Waals surface area (Å²) in [5.41, 5.74) is 6.55. The standard InChI is InChI=1S/C9H13N3O/c1-2-11-9(13)8-5-3-4-7(6-10)12-8/h3-5H,2,6,10H2,1H3,(H,11,13). The molecule has 0 atom stereocenters. The maximum atomic E-state index is 11.3. The Morgan fingerprint density at radius 3 is 3.00 bits per heavy atom. The minimum Gasteiger partial charge on any atom is -0.351 e. The van der Waals surface area contributed by atoms with Crippen molar-refractivity contribution in [1.29, 1.82) is 0 Å². The molecule has 0 bridgehead atoms. The molecule has 13 heavy (non-hydrogen) atoms. The Kier molecular flexibility index (Phi) is 3.40. The third-order valence-electron chi connectivity index (χ3n) is 1.59. The minimum absolute atomic E-state index is 0.155. The summed E-state index contributed by atoms with van der Waals surface area (Å²) in [4.78, 5) is 15.4. The zero-order valence-electron chi connectivity index (χ0n) is 7.58. The lowest BCUT2D eigenvalue weighted by Crippen LogP contribution is -2.24. The first kappa shape index (κ1) is 9.67. The second-order valence-corrected chi connectivity index (χ2v) is 2.58. The monoisotopic (exact) mass is 179 g/mol. The number of nitrogens with one attached hydrogen (secondary N) is 1. The normalized spacial score (nSPS) is 9.69. The molecule has 4 heteroatoms. The van der Waals surface area contributed by atoms with Crippen molar-refractivity contribution >= 4 is 5.91 Å². The summed E-state index contributed by atoms with van der Waals surface area (Å²) >= 11 is 0. The van der Waals surface area contributed by atoms with Crippen LogP contribution < -0.4 is 11.1 Å². The van der Waals surface area contributed by atoms with Crippen LogP contribution in [0.15, 0.2) is 18.2 Å². The molecule has 1 amide bonds. The van der Waals surface area contributed by atoms with Gasteiger partial charge in [0.25, 0.3) is 5.91 Å². The zero-order chi connectivity index (χ0) is 9.68. The topological polar surface area (TPSA) is 68.0 Å². The highest BCUT2D eigenvalue weighted by molar-refractivity contribution is 5.92. The van der Waals surface area contributed by atoms with E-state index in [1.54, 1.807) is 18.2 Å². The van der Waals surface area contributed by atoms with Crippen molar-refractivity contribution in [2.45, 2.75) is 13.5 Å². The number of carbonyl (C=O) groups is 1. The quantitative estimate of drug-likeness (QED) is 0.700. The molecule has 1 aromatic rings. The number of hydrogen-bond donors (Lipinski definition) is 2. The Balaban J connectivity index is 2.82. The van der Waals surface area contributed by atoms with Gasteiger partial charge in [-0.1, -0.05) is 6.07 Å². The van der Waals surface area contributed by atoms with Crippen LogP contribution in [0.4, 0.5) is 0 Å². The van der Waals surface area contributed by atoms with Crippen LogP contribution in [0.3, 0.4) is 0 Å². The Morgan fingerprint density at radius 2 is 2.38 bits per heavy atom. The fourth-order valence-corrected chi connectivity index (χ4v) is 0.971. The summed E-state index contributed by atoms with van der Waals surface area (Å²) in [6.07, 6.45) is 0. The lowest BCUT2D eigenvalue weighted by Gasteiger charge is -2.02. The van der Waals surface area contributed by atoms with E-state index in [4.69, 9.17) is 5.73 Å². The molecular weight excluding hydrogens is 166 g/mol. The maximum absolute atomic E-state index is 11.3. The predicted octanol–water partition coefficient (Wildman–Crippen LogP) is 0.290. The maximum Gasteiger partial charge on any atom is 0.269 e. The SMILES string of the molecule is CCNC(=O)c1cccc(CN)n1. The number of pyridine rings is 1. The second-order valence-electron chi connectivity index (χ2n) is 2.58. The van der Waals surface area contributed by atoms with E-state index in [9.17, 15) is 4.79 Å². The third-order valence-corrected chi connectivity index (χ3v) is 1.59. The zero-order valence-corrected chi connectivity index (χ0v) is 7.58. The van der Waals surface area contributed by atoms with Gasteiger partial charge >= 0.3 is 0 Å². The van der Waals surface area contributed by atoms with Gasteiger partial charge in [0.2, 0.25) is 0 Å². The highest BCUT2D eigenvalue weighted by atomic mass is 16.1. The van der Waals surface area contributed by atoms with Gasteiger partial charge in [-0.25, -0.2) is 4.98 Å². The van der Waals surface area contributed by atoms with E-state index in [-0.39, 0.29) is 5.91 Å². The molecule has 1 heterocycles. The summed E-state index contributed by atoms with van der Waals surface area (Å²) in [7, 11) is 0. The Hall–Kier alpha value is -1.42. The second kappa shape index (κ2) is 4.57. The first-order valence-electron chi connectivity index (χ1n) is 4.22. The summed E-state index contributed by atoms with van der Waals surface area (Å²) in [5, 5.41) is 2.67. The fourth-order valence-electron chi connectivity index (χ4n) is 0.971. The molecule has 0 unspecified atom stereocenters. The summed E-state index contributed by atoms with van der Waals surface area (Å²) < 4.78 is 0. The Bertz CT molecular complexity index is 299. The molecule has 0 aliphatic carbocycles. The van der Waals surface area contributed by atoms with Crippen molar-refractivity contribution in [2.24, 2.45) is 5.73 Å². The van der Waals surface area contributed by atoms with Crippen molar-refractivity contribution < 1.29 is 4.79 Å². The number of rotatable bonds is 3. The first-order valence-corrected chi connectivity index (χ1v) is 4.22. The molecule has 0 saturated heterocycles. The number of hydrogen-bond acceptors (Lipinski definition) is 3. The Morgan fingerprint density at radius 1 is 1.62 bits per heavy atom. The number of nitrogens with two attached hydrogens (primary N) is 1. The molecular formula is C9H13N3O. The van der Waals surface area contributed by atoms with E-state index in [1.807, 2.05) is 6.92 Å². The molecule has 70 valence electrons. The van der Waals surface area contributed by atoms with Crippen molar-refractivity contribution in [2.75, 3.05) is 6.54 Å². The van der Waals surface area contributed by atoms with E-state index in [0.29, 0.717) is 18.8 Å². The van der Waals surface area contributed by atoms with Crippen molar-refractivity contribution in [1.82, 2.24) is 10.3 Å². The lowest BCUT2D eigenvalue weighted by molar-refractivity contribution is 0.0950. The molecule has 0 aliphatic rings. The predicted molar refractivity (Wildman–Crippen MR) is 50.1 cm³/mol. The van der Waals surface area contributed by atoms with Crippen LogP contribution in [-0.2, 0) is 6.54 Å². The fraction of sp³-hybridized carbons (Fsp3) is 0.333. The van der Waals surface area contributed by atoms with Crippen LogP contribution in [-0.4, -0.2) is 17.4 Å². The van der Waals surface area contributed by atoms with Crippen LogP contribution in [0.5, 0.6) is 0 Å². The molecule has 0 aliphatic heterocycles. The average molecular weight is 179 g/mol. The summed E-state index contributed by atoms with van der Waals surface area (Å²) in [6, 6.07) is 5.24. The summed E-state index contributed by atoms with van der Waals surface area (Å²) in [6.45, 7) is 2.82. The lowest BCUT2D eigenvalue weighted by atomic mass is 10.3. The number of carbonyl (C=O) groups excluding carboxylic acids is 1. The van der Waals surface area contributed by atoms with Crippen LogP contribution in [0, 0.1) is 0 Å². The molecule has 1 aromatic heterocycles. The molecule has 0 aromatic carbocycles. The van der Waals surface area contributed by atoms with Crippen molar-refractivity contribution in [3.63, 3.8) is 0 Å². The van der Waals surface area contributed by atoms with E-state index in [0.717, 1.165) is 5.69 Å². The van der Waals surface area contributed by atoms with Gasteiger partial charge in [-0.2, -0.15) is 0 Å². The number of nitrogens with zero attached hydrogens (tertiary/aromatic N) is 1. The molecule has 1 rings (SSSR count). The van der Waals surface area contributed by atoms with E-state index < -0.39 is 0 Å². The van der Waals surface area contributed by atoms with E-state index in [1.165, 1.54) is 0 Å². The number of amides is 1.